The van der Waals surface area contributed by atoms with Crippen molar-refractivity contribution in [2.45, 2.75) is 12.5 Å². The van der Waals surface area contributed by atoms with Crippen LogP contribution in [0.2, 0.25) is 0 Å². The Kier molecular flexibility index (Phi) is 4.54. The van der Waals surface area contributed by atoms with Crippen LogP contribution in [0.1, 0.15) is 17.2 Å². The van der Waals surface area contributed by atoms with Crippen LogP contribution >= 0.6 is 31.9 Å². The van der Waals surface area contributed by atoms with Crippen molar-refractivity contribution in [1.29, 1.82) is 0 Å². The molecule has 0 aliphatic heterocycles. The summed E-state index contributed by atoms with van der Waals surface area (Å²) in [6, 6.07) is 12.7. The highest BCUT2D eigenvalue weighted by Crippen LogP contribution is 2.26. The van der Waals surface area contributed by atoms with Crippen LogP contribution in [0.4, 0.5) is 4.39 Å². The highest BCUT2D eigenvalue weighted by molar-refractivity contribution is 9.10. The van der Waals surface area contributed by atoms with Gasteiger partial charge in [0.1, 0.15) is 5.82 Å². The molecule has 0 fully saturated rings. The lowest BCUT2D eigenvalue weighted by Crippen LogP contribution is -2.15. The molecular formula is C14H12Br2FN. The molecule has 0 radical (unpaired) electrons. The SMILES string of the molecule is NC(Cc1ccccc1Br)c1cccc(Br)c1F. The van der Waals surface area contributed by atoms with Crippen LogP contribution in [-0.2, 0) is 6.42 Å². The second-order valence-electron chi connectivity index (χ2n) is 4.05. The summed E-state index contributed by atoms with van der Waals surface area (Å²) in [4.78, 5) is 0. The molecule has 2 aromatic rings. The molecule has 0 saturated heterocycles. The average Bonchev–Trinajstić information content (AvgIpc) is 2.35. The second kappa shape index (κ2) is 5.95. The molecule has 0 spiro atoms. The third-order valence-electron chi connectivity index (χ3n) is 2.78. The molecule has 0 heterocycles. The maximum absolute atomic E-state index is 13.9. The summed E-state index contributed by atoms with van der Waals surface area (Å²) in [6.45, 7) is 0. The van der Waals surface area contributed by atoms with Crippen molar-refractivity contribution in [3.63, 3.8) is 0 Å². The highest BCUT2D eigenvalue weighted by atomic mass is 79.9. The highest BCUT2D eigenvalue weighted by Gasteiger charge is 2.14. The van der Waals surface area contributed by atoms with E-state index in [0.717, 1.165) is 10.0 Å². The number of benzene rings is 2. The van der Waals surface area contributed by atoms with E-state index >= 15 is 0 Å². The molecule has 4 heteroatoms. The van der Waals surface area contributed by atoms with Crippen LogP contribution in [0, 0.1) is 5.82 Å². The van der Waals surface area contributed by atoms with E-state index in [1.165, 1.54) is 0 Å². The van der Waals surface area contributed by atoms with Crippen LogP contribution in [0.5, 0.6) is 0 Å². The van der Waals surface area contributed by atoms with Gasteiger partial charge in [0.15, 0.2) is 0 Å². The van der Waals surface area contributed by atoms with E-state index in [4.69, 9.17) is 5.73 Å². The lowest BCUT2D eigenvalue weighted by molar-refractivity contribution is 0.574. The van der Waals surface area contributed by atoms with Crippen molar-refractivity contribution in [2.24, 2.45) is 5.73 Å². The van der Waals surface area contributed by atoms with Gasteiger partial charge in [0.25, 0.3) is 0 Å². The summed E-state index contributed by atoms with van der Waals surface area (Å²) in [6.07, 6.45) is 0.592. The first kappa shape index (κ1) is 13.7. The Hall–Kier alpha value is -0.710. The van der Waals surface area contributed by atoms with E-state index in [0.29, 0.717) is 16.5 Å². The first-order chi connectivity index (χ1) is 8.59. The minimum atomic E-state index is -0.360. The first-order valence-corrected chi connectivity index (χ1v) is 7.11. The lowest BCUT2D eigenvalue weighted by Gasteiger charge is -2.14. The molecule has 0 aliphatic carbocycles. The second-order valence-corrected chi connectivity index (χ2v) is 5.75. The van der Waals surface area contributed by atoms with Gasteiger partial charge in [-0.1, -0.05) is 46.3 Å². The molecule has 1 unspecified atom stereocenters. The van der Waals surface area contributed by atoms with Crippen LogP contribution in [-0.4, -0.2) is 0 Å². The molecule has 18 heavy (non-hydrogen) atoms. The van der Waals surface area contributed by atoms with Gasteiger partial charge in [-0.3, -0.25) is 0 Å². The third-order valence-corrected chi connectivity index (χ3v) is 4.16. The van der Waals surface area contributed by atoms with Crippen molar-refractivity contribution in [1.82, 2.24) is 0 Å². The molecule has 0 amide bonds. The van der Waals surface area contributed by atoms with E-state index in [-0.39, 0.29) is 11.9 Å². The van der Waals surface area contributed by atoms with E-state index in [9.17, 15) is 4.39 Å². The normalized spacial score (nSPS) is 12.4. The van der Waals surface area contributed by atoms with E-state index in [1.807, 2.05) is 24.3 Å². The van der Waals surface area contributed by atoms with Crippen molar-refractivity contribution < 1.29 is 4.39 Å². The van der Waals surface area contributed by atoms with Crippen LogP contribution < -0.4 is 5.73 Å². The maximum atomic E-state index is 13.9. The summed E-state index contributed by atoms with van der Waals surface area (Å²) < 4.78 is 15.4. The van der Waals surface area contributed by atoms with E-state index in [1.54, 1.807) is 18.2 Å². The lowest BCUT2D eigenvalue weighted by atomic mass is 9.99. The van der Waals surface area contributed by atoms with Gasteiger partial charge < -0.3 is 5.73 Å². The van der Waals surface area contributed by atoms with Crippen LogP contribution in [0.25, 0.3) is 0 Å². The summed E-state index contributed by atoms with van der Waals surface area (Å²) >= 11 is 6.65. The number of hydrogen-bond acceptors (Lipinski definition) is 1. The Balaban J connectivity index is 2.25. The Bertz CT molecular complexity index is 557. The zero-order valence-corrected chi connectivity index (χ0v) is 12.7. The summed E-state index contributed by atoms with van der Waals surface area (Å²) in [7, 11) is 0. The Morgan fingerprint density at radius 1 is 1.00 bits per heavy atom. The van der Waals surface area contributed by atoms with Crippen LogP contribution in [0.3, 0.4) is 0 Å². The van der Waals surface area contributed by atoms with Crippen LogP contribution in [0.15, 0.2) is 51.4 Å². The minimum Gasteiger partial charge on any atom is -0.324 e. The van der Waals surface area contributed by atoms with Gasteiger partial charge in [0, 0.05) is 16.1 Å². The molecule has 1 nitrogen and oxygen atoms in total. The molecule has 2 N–H and O–H groups in total. The van der Waals surface area contributed by atoms with Gasteiger partial charge in [0.05, 0.1) is 4.47 Å². The van der Waals surface area contributed by atoms with E-state index < -0.39 is 0 Å². The van der Waals surface area contributed by atoms with Gasteiger partial charge in [0.2, 0.25) is 0 Å². The predicted molar refractivity (Wildman–Crippen MR) is 78.9 cm³/mol. The molecule has 0 aromatic heterocycles. The van der Waals surface area contributed by atoms with Gasteiger partial charge in [-0.25, -0.2) is 4.39 Å². The fourth-order valence-electron chi connectivity index (χ4n) is 1.82. The summed E-state index contributed by atoms with van der Waals surface area (Å²) in [5, 5.41) is 0. The van der Waals surface area contributed by atoms with Gasteiger partial charge in [-0.15, -0.1) is 0 Å². The largest absolute Gasteiger partial charge is 0.324 e. The molecule has 1 atom stereocenters. The van der Waals surface area contributed by atoms with Gasteiger partial charge in [-0.2, -0.15) is 0 Å². The van der Waals surface area contributed by atoms with E-state index in [2.05, 4.69) is 31.9 Å². The minimum absolute atomic E-state index is 0.281. The Morgan fingerprint density at radius 2 is 1.67 bits per heavy atom. The number of rotatable bonds is 3. The zero-order valence-electron chi connectivity index (χ0n) is 9.54. The molecule has 0 saturated carbocycles. The van der Waals surface area contributed by atoms with Gasteiger partial charge >= 0.3 is 0 Å². The fourth-order valence-corrected chi connectivity index (χ4v) is 2.65. The predicted octanol–water partition coefficient (Wildman–Crippen LogP) is 4.59. The molecular weight excluding hydrogens is 361 g/mol. The summed E-state index contributed by atoms with van der Waals surface area (Å²) in [5.74, 6) is -0.281. The summed E-state index contributed by atoms with van der Waals surface area (Å²) in [5.41, 5.74) is 7.69. The third kappa shape index (κ3) is 2.99. The number of nitrogens with two attached hydrogens (primary N) is 1. The molecule has 2 aromatic carbocycles. The van der Waals surface area contributed by atoms with Crippen molar-refractivity contribution >= 4 is 31.9 Å². The molecule has 0 bridgehead atoms. The van der Waals surface area contributed by atoms with Crippen molar-refractivity contribution in [2.75, 3.05) is 0 Å². The number of hydrogen-bond donors (Lipinski definition) is 1. The standard InChI is InChI=1S/C14H12Br2FN/c15-11-6-2-1-4-9(11)8-13(18)10-5-3-7-12(16)14(10)17/h1-7,13H,8,18H2. The monoisotopic (exact) mass is 371 g/mol. The van der Waals surface area contributed by atoms with Crippen molar-refractivity contribution in [3.05, 3.63) is 68.4 Å². The fraction of sp³-hybridized carbons (Fsp3) is 0.143. The van der Waals surface area contributed by atoms with Crippen molar-refractivity contribution in [3.8, 4) is 0 Å². The smallest absolute Gasteiger partial charge is 0.142 e. The zero-order chi connectivity index (χ0) is 13.1. The number of halogens is 3. The molecule has 2 rings (SSSR count). The molecule has 0 aliphatic rings. The first-order valence-electron chi connectivity index (χ1n) is 5.52. The Morgan fingerprint density at radius 3 is 2.39 bits per heavy atom. The van der Waals surface area contributed by atoms with Gasteiger partial charge in [-0.05, 0) is 40.0 Å². The average molecular weight is 373 g/mol. The topological polar surface area (TPSA) is 26.0 Å². The molecule has 94 valence electrons. The maximum Gasteiger partial charge on any atom is 0.142 e. The quantitative estimate of drug-likeness (QED) is 0.837. The Labute approximate surface area is 122 Å².